The van der Waals surface area contributed by atoms with Crippen LogP contribution in [0.1, 0.15) is 20.7 Å². The first-order chi connectivity index (χ1) is 12.8. The van der Waals surface area contributed by atoms with Crippen LogP contribution in [0.3, 0.4) is 0 Å². The molecule has 0 unspecified atom stereocenters. The van der Waals surface area contributed by atoms with Crippen molar-refractivity contribution in [1.82, 2.24) is 9.36 Å². The molecule has 0 aliphatic carbocycles. The Balaban J connectivity index is 1.69. The summed E-state index contributed by atoms with van der Waals surface area (Å²) < 4.78 is 4.48. The van der Waals surface area contributed by atoms with Crippen molar-refractivity contribution in [2.45, 2.75) is 9.50 Å². The number of rotatable bonds is 4. The summed E-state index contributed by atoms with van der Waals surface area (Å²) in [6.45, 7) is 0. The molecule has 1 aromatic heterocycles. The minimum absolute atomic E-state index is 0.230. The molecule has 0 aliphatic rings. The van der Waals surface area contributed by atoms with Gasteiger partial charge in [-0.2, -0.15) is 4.37 Å². The predicted octanol–water partition coefficient (Wildman–Crippen LogP) is 7.02. The van der Waals surface area contributed by atoms with Crippen LogP contribution in [0.4, 0.5) is 0 Å². The van der Waals surface area contributed by atoms with Crippen LogP contribution < -0.4 is 0 Å². The van der Waals surface area contributed by atoms with Gasteiger partial charge in [0.1, 0.15) is 0 Å². The molecule has 2 aromatic carbocycles. The molecule has 0 fully saturated rings. The minimum atomic E-state index is -0.321. The summed E-state index contributed by atoms with van der Waals surface area (Å²) in [7, 11) is 0. The van der Waals surface area contributed by atoms with Crippen LogP contribution in [0.2, 0.25) is 20.1 Å². The molecule has 11 heteroatoms. The number of thioether (sulfide) groups is 2. The van der Waals surface area contributed by atoms with Crippen molar-refractivity contribution in [2.75, 3.05) is 0 Å². The van der Waals surface area contributed by atoms with Crippen LogP contribution in [-0.2, 0) is 0 Å². The molecule has 27 heavy (non-hydrogen) atoms. The van der Waals surface area contributed by atoms with Crippen LogP contribution >= 0.6 is 81.5 Å². The van der Waals surface area contributed by atoms with Gasteiger partial charge in [-0.25, -0.2) is 4.98 Å². The lowest BCUT2D eigenvalue weighted by Crippen LogP contribution is -1.96. The van der Waals surface area contributed by atoms with Gasteiger partial charge in [0, 0.05) is 21.2 Å². The lowest BCUT2D eigenvalue weighted by Gasteiger charge is -2.02. The van der Waals surface area contributed by atoms with Gasteiger partial charge in [-0.3, -0.25) is 9.59 Å². The van der Waals surface area contributed by atoms with E-state index in [1.165, 1.54) is 18.2 Å². The Bertz CT molecular complexity index is 962. The molecule has 138 valence electrons. The van der Waals surface area contributed by atoms with Gasteiger partial charge < -0.3 is 0 Å². The Hall–Kier alpha value is -0.800. The fourth-order valence-corrected chi connectivity index (χ4v) is 5.32. The number of benzene rings is 2. The molecule has 3 aromatic rings. The van der Waals surface area contributed by atoms with Crippen molar-refractivity contribution in [2.24, 2.45) is 0 Å². The Morgan fingerprint density at radius 3 is 1.85 bits per heavy atom. The zero-order valence-corrected chi connectivity index (χ0v) is 18.4. The standard InChI is InChI=1S/C16H6Cl4N2O2S3/c17-7-1-3-9(11(19)5-7)13(23)25-15-21-16(27-22-15)26-14(24)10-4-2-8(18)6-12(10)20/h1-6H. The Labute approximate surface area is 186 Å². The highest BCUT2D eigenvalue weighted by molar-refractivity contribution is 8.15. The van der Waals surface area contributed by atoms with Gasteiger partial charge in [0.05, 0.1) is 10.0 Å². The van der Waals surface area contributed by atoms with E-state index in [9.17, 15) is 9.59 Å². The van der Waals surface area contributed by atoms with E-state index >= 15 is 0 Å². The van der Waals surface area contributed by atoms with Gasteiger partial charge in [-0.15, -0.1) is 0 Å². The van der Waals surface area contributed by atoms with E-state index in [1.54, 1.807) is 18.2 Å². The Kier molecular flexibility index (Phi) is 7.08. The van der Waals surface area contributed by atoms with Gasteiger partial charge in [0.25, 0.3) is 0 Å². The first-order valence-electron chi connectivity index (χ1n) is 7.01. The monoisotopic (exact) mass is 494 g/mol. The third-order valence-corrected chi connectivity index (χ3v) is 6.69. The molecule has 1 heterocycles. The molecule has 0 bridgehead atoms. The normalized spacial score (nSPS) is 10.8. The van der Waals surface area contributed by atoms with Crippen molar-refractivity contribution < 1.29 is 9.59 Å². The van der Waals surface area contributed by atoms with Crippen molar-refractivity contribution in [3.05, 3.63) is 67.6 Å². The molecule has 0 saturated heterocycles. The van der Waals surface area contributed by atoms with Crippen molar-refractivity contribution >= 4 is 91.7 Å². The number of aromatic nitrogens is 2. The summed E-state index contributed by atoms with van der Waals surface area (Å²) in [5.41, 5.74) is 0.624. The molecule has 0 spiro atoms. The highest BCUT2D eigenvalue weighted by atomic mass is 35.5. The second kappa shape index (κ2) is 9.13. The quantitative estimate of drug-likeness (QED) is 0.362. The van der Waals surface area contributed by atoms with E-state index in [0.717, 1.165) is 35.1 Å². The van der Waals surface area contributed by atoms with Gasteiger partial charge in [0.2, 0.25) is 15.4 Å². The highest BCUT2D eigenvalue weighted by Crippen LogP contribution is 2.32. The largest absolute Gasteiger partial charge is 0.281 e. The van der Waals surface area contributed by atoms with Crippen molar-refractivity contribution in [3.8, 4) is 0 Å². The molecule has 0 aliphatic heterocycles. The van der Waals surface area contributed by atoms with Gasteiger partial charge in [-0.05, 0) is 71.5 Å². The molecule has 3 rings (SSSR count). The molecule has 0 radical (unpaired) electrons. The zero-order valence-electron chi connectivity index (χ0n) is 12.9. The van der Waals surface area contributed by atoms with E-state index in [-0.39, 0.29) is 25.4 Å². The Morgan fingerprint density at radius 1 is 0.815 bits per heavy atom. The van der Waals surface area contributed by atoms with Gasteiger partial charge in [-0.1, -0.05) is 46.4 Å². The van der Waals surface area contributed by atoms with E-state index in [2.05, 4.69) is 9.36 Å². The van der Waals surface area contributed by atoms with Gasteiger partial charge >= 0.3 is 0 Å². The smallest absolute Gasteiger partial charge is 0.228 e. The summed E-state index contributed by atoms with van der Waals surface area (Å²) in [5, 5.41) is 0.994. The third kappa shape index (κ3) is 5.38. The van der Waals surface area contributed by atoms with Crippen LogP contribution in [0.5, 0.6) is 0 Å². The SMILES string of the molecule is O=C(Sc1nsc(SC(=O)c2ccc(Cl)cc2Cl)n1)c1ccc(Cl)cc1Cl. The summed E-state index contributed by atoms with van der Waals surface area (Å²) in [6.07, 6.45) is 0. The van der Waals surface area contributed by atoms with Crippen molar-refractivity contribution in [1.29, 1.82) is 0 Å². The number of carbonyl (C=O) groups is 2. The van der Waals surface area contributed by atoms with E-state index in [1.807, 2.05) is 0 Å². The molecule has 4 nitrogen and oxygen atoms in total. The van der Waals surface area contributed by atoms with Gasteiger partial charge in [0.15, 0.2) is 4.34 Å². The maximum Gasteiger partial charge on any atom is 0.228 e. The fourth-order valence-electron chi connectivity index (χ4n) is 1.86. The van der Waals surface area contributed by atoms with Crippen LogP contribution in [0.25, 0.3) is 0 Å². The summed E-state index contributed by atoms with van der Waals surface area (Å²) in [6, 6.07) is 9.22. The lowest BCUT2D eigenvalue weighted by molar-refractivity contribution is 0.108. The molecule has 0 saturated carbocycles. The average molecular weight is 496 g/mol. The maximum absolute atomic E-state index is 12.3. The van der Waals surface area contributed by atoms with Crippen LogP contribution in [-0.4, -0.2) is 19.6 Å². The highest BCUT2D eigenvalue weighted by Gasteiger charge is 2.19. The maximum atomic E-state index is 12.3. The molecular weight excluding hydrogens is 490 g/mol. The van der Waals surface area contributed by atoms with Crippen LogP contribution in [0, 0.1) is 0 Å². The summed E-state index contributed by atoms with van der Waals surface area (Å²) in [5.74, 6) is 0. The molecule has 0 N–H and O–H groups in total. The molecule has 0 atom stereocenters. The number of nitrogens with zero attached hydrogens (tertiary/aromatic N) is 2. The fraction of sp³-hybridized carbons (Fsp3) is 0. The van der Waals surface area contributed by atoms with Crippen molar-refractivity contribution in [3.63, 3.8) is 0 Å². The van der Waals surface area contributed by atoms with Crippen LogP contribution in [0.15, 0.2) is 45.9 Å². The summed E-state index contributed by atoms with van der Waals surface area (Å²) >= 11 is 26.4. The number of carbonyl (C=O) groups excluding carboxylic acids is 2. The topological polar surface area (TPSA) is 59.9 Å². The van der Waals surface area contributed by atoms with E-state index < -0.39 is 0 Å². The second-order valence-corrected chi connectivity index (χ2v) is 9.47. The Morgan fingerprint density at radius 2 is 1.33 bits per heavy atom. The number of halogens is 4. The number of hydrogen-bond acceptors (Lipinski definition) is 7. The first-order valence-corrected chi connectivity index (χ1v) is 10.9. The third-order valence-electron chi connectivity index (χ3n) is 3.05. The molecule has 0 amide bonds. The first kappa shape index (κ1) is 20.9. The average Bonchev–Trinajstić information content (AvgIpc) is 3.01. The number of hydrogen-bond donors (Lipinski definition) is 0. The zero-order chi connectivity index (χ0) is 19.6. The molecular formula is C16H6Cl4N2O2S3. The summed E-state index contributed by atoms with van der Waals surface area (Å²) in [4.78, 5) is 28.9. The second-order valence-electron chi connectivity index (χ2n) is 4.87. The lowest BCUT2D eigenvalue weighted by atomic mass is 10.2. The predicted molar refractivity (Wildman–Crippen MR) is 113 cm³/mol. The van der Waals surface area contributed by atoms with E-state index in [0.29, 0.717) is 25.5 Å². The minimum Gasteiger partial charge on any atom is -0.281 e. The van der Waals surface area contributed by atoms with E-state index in [4.69, 9.17) is 46.4 Å².